The molecule has 0 spiro atoms. The van der Waals surface area contributed by atoms with E-state index in [1.807, 2.05) is 0 Å². The van der Waals surface area contributed by atoms with Gasteiger partial charge in [-0.1, -0.05) is 39.0 Å². The van der Waals surface area contributed by atoms with Crippen molar-refractivity contribution in [2.24, 2.45) is 5.41 Å². The monoisotopic (exact) mass is 256 g/mol. The van der Waals surface area contributed by atoms with Crippen molar-refractivity contribution in [3.05, 3.63) is 36.0 Å². The minimum Gasteiger partial charge on any atom is -0.361 e. The summed E-state index contributed by atoms with van der Waals surface area (Å²) in [6, 6.07) is 9.89. The summed E-state index contributed by atoms with van der Waals surface area (Å²) in [5.41, 5.74) is 2.97. The predicted molar refractivity (Wildman–Crippen MR) is 81.4 cm³/mol. The molecular formula is C17H24N2. The van der Waals surface area contributed by atoms with Gasteiger partial charge in [0.05, 0.1) is 0 Å². The van der Waals surface area contributed by atoms with Crippen LogP contribution in [0, 0.1) is 5.41 Å². The van der Waals surface area contributed by atoms with Gasteiger partial charge in [-0.3, -0.25) is 0 Å². The van der Waals surface area contributed by atoms with Crippen LogP contribution in [0.5, 0.6) is 0 Å². The van der Waals surface area contributed by atoms with Crippen molar-refractivity contribution in [1.82, 2.24) is 10.3 Å². The van der Waals surface area contributed by atoms with Crippen molar-refractivity contribution < 1.29 is 0 Å². The number of hydrogen-bond donors (Lipinski definition) is 2. The van der Waals surface area contributed by atoms with Crippen molar-refractivity contribution in [2.45, 2.75) is 52.1 Å². The van der Waals surface area contributed by atoms with Gasteiger partial charge in [-0.15, -0.1) is 0 Å². The molecule has 1 aromatic carbocycles. The SMILES string of the molecule is CC(C)(C)[C@@H](Cc1c[nH]c2ccccc12)NC1CC1. The molecule has 0 unspecified atom stereocenters. The van der Waals surface area contributed by atoms with Crippen LogP contribution in [-0.2, 0) is 6.42 Å². The largest absolute Gasteiger partial charge is 0.361 e. The van der Waals surface area contributed by atoms with E-state index in [0.717, 1.165) is 12.5 Å². The average Bonchev–Trinajstić information content (AvgIpc) is 3.08. The number of H-pyrrole nitrogens is 1. The highest BCUT2D eigenvalue weighted by Crippen LogP contribution is 2.29. The Morgan fingerprint density at radius 3 is 2.68 bits per heavy atom. The Kier molecular flexibility index (Phi) is 3.14. The lowest BCUT2D eigenvalue weighted by Crippen LogP contribution is -2.43. The average molecular weight is 256 g/mol. The maximum absolute atomic E-state index is 3.82. The van der Waals surface area contributed by atoms with Crippen LogP contribution in [0.15, 0.2) is 30.5 Å². The van der Waals surface area contributed by atoms with Crippen LogP contribution in [0.1, 0.15) is 39.2 Å². The van der Waals surface area contributed by atoms with Gasteiger partial charge < -0.3 is 10.3 Å². The summed E-state index contributed by atoms with van der Waals surface area (Å²) >= 11 is 0. The first-order chi connectivity index (χ1) is 9.04. The van der Waals surface area contributed by atoms with Gasteiger partial charge in [0.1, 0.15) is 0 Å². The summed E-state index contributed by atoms with van der Waals surface area (Å²) < 4.78 is 0. The van der Waals surface area contributed by atoms with E-state index >= 15 is 0 Å². The van der Waals surface area contributed by atoms with Crippen molar-refractivity contribution in [3.63, 3.8) is 0 Å². The summed E-state index contributed by atoms with van der Waals surface area (Å²) in [5, 5.41) is 5.19. The Hall–Kier alpha value is -1.28. The third-order valence-electron chi connectivity index (χ3n) is 4.16. The van der Waals surface area contributed by atoms with Gasteiger partial charge in [-0.05, 0) is 36.3 Å². The highest BCUT2D eigenvalue weighted by Gasteiger charge is 2.31. The Morgan fingerprint density at radius 1 is 1.26 bits per heavy atom. The summed E-state index contributed by atoms with van der Waals surface area (Å²) in [5.74, 6) is 0. The van der Waals surface area contributed by atoms with Crippen LogP contribution in [0.25, 0.3) is 10.9 Å². The zero-order chi connectivity index (χ0) is 13.5. The number of hydrogen-bond acceptors (Lipinski definition) is 1. The zero-order valence-corrected chi connectivity index (χ0v) is 12.2. The molecule has 0 aliphatic heterocycles. The summed E-state index contributed by atoms with van der Waals surface area (Å²) in [6.07, 6.45) is 5.98. The quantitative estimate of drug-likeness (QED) is 0.853. The number of benzene rings is 1. The molecule has 2 N–H and O–H groups in total. The maximum atomic E-state index is 3.82. The molecule has 1 atom stereocenters. The third-order valence-corrected chi connectivity index (χ3v) is 4.16. The smallest absolute Gasteiger partial charge is 0.0456 e. The van der Waals surface area contributed by atoms with E-state index < -0.39 is 0 Å². The van der Waals surface area contributed by atoms with E-state index in [9.17, 15) is 0 Å². The summed E-state index contributed by atoms with van der Waals surface area (Å²) in [6.45, 7) is 7.01. The van der Waals surface area contributed by atoms with Crippen molar-refractivity contribution >= 4 is 10.9 Å². The Labute approximate surface area is 115 Å². The molecule has 1 aliphatic carbocycles. The predicted octanol–water partition coefficient (Wildman–Crippen LogP) is 3.88. The molecule has 102 valence electrons. The maximum Gasteiger partial charge on any atom is 0.0456 e. The number of aromatic amines is 1. The molecule has 2 heteroatoms. The van der Waals surface area contributed by atoms with Crippen LogP contribution in [0.3, 0.4) is 0 Å². The van der Waals surface area contributed by atoms with E-state index in [-0.39, 0.29) is 0 Å². The number of para-hydroxylation sites is 1. The highest BCUT2D eigenvalue weighted by atomic mass is 15.0. The van der Waals surface area contributed by atoms with Gasteiger partial charge in [0.25, 0.3) is 0 Å². The van der Waals surface area contributed by atoms with E-state index in [4.69, 9.17) is 0 Å². The highest BCUT2D eigenvalue weighted by molar-refractivity contribution is 5.83. The molecule has 1 heterocycles. The van der Waals surface area contributed by atoms with E-state index in [1.54, 1.807) is 0 Å². The van der Waals surface area contributed by atoms with Crippen LogP contribution in [0.4, 0.5) is 0 Å². The lowest BCUT2D eigenvalue weighted by molar-refractivity contribution is 0.264. The fourth-order valence-corrected chi connectivity index (χ4v) is 2.67. The Balaban J connectivity index is 1.84. The van der Waals surface area contributed by atoms with Gasteiger partial charge in [0.2, 0.25) is 0 Å². The van der Waals surface area contributed by atoms with E-state index in [0.29, 0.717) is 11.5 Å². The van der Waals surface area contributed by atoms with Crippen LogP contribution >= 0.6 is 0 Å². The van der Waals surface area contributed by atoms with Gasteiger partial charge in [0, 0.05) is 29.2 Å². The first kappa shape index (κ1) is 12.7. The third kappa shape index (κ3) is 2.84. The molecule has 0 radical (unpaired) electrons. The molecule has 2 nitrogen and oxygen atoms in total. The Morgan fingerprint density at radius 2 is 2.00 bits per heavy atom. The van der Waals surface area contributed by atoms with Gasteiger partial charge in [-0.2, -0.15) is 0 Å². The van der Waals surface area contributed by atoms with E-state index in [1.165, 1.54) is 29.3 Å². The topological polar surface area (TPSA) is 27.8 Å². The molecule has 0 saturated heterocycles. The minimum absolute atomic E-state index is 0.293. The molecule has 3 rings (SSSR count). The number of nitrogens with one attached hydrogen (secondary N) is 2. The Bertz CT molecular complexity index is 558. The van der Waals surface area contributed by atoms with Gasteiger partial charge in [-0.25, -0.2) is 0 Å². The molecule has 19 heavy (non-hydrogen) atoms. The fourth-order valence-electron chi connectivity index (χ4n) is 2.67. The van der Waals surface area contributed by atoms with Gasteiger partial charge in [0.15, 0.2) is 0 Å². The normalized spacial score (nSPS) is 17.8. The number of rotatable bonds is 4. The fraction of sp³-hybridized carbons (Fsp3) is 0.529. The van der Waals surface area contributed by atoms with E-state index in [2.05, 4.69) is 61.5 Å². The van der Waals surface area contributed by atoms with Crippen LogP contribution in [-0.4, -0.2) is 17.1 Å². The van der Waals surface area contributed by atoms with Crippen LogP contribution < -0.4 is 5.32 Å². The lowest BCUT2D eigenvalue weighted by Gasteiger charge is -2.32. The number of aromatic nitrogens is 1. The van der Waals surface area contributed by atoms with Crippen LogP contribution in [0.2, 0.25) is 0 Å². The summed E-state index contributed by atoms with van der Waals surface area (Å²) in [7, 11) is 0. The molecule has 1 aliphatic rings. The molecule has 0 amide bonds. The second-order valence-electron chi connectivity index (χ2n) is 6.92. The minimum atomic E-state index is 0.293. The molecule has 0 bridgehead atoms. The van der Waals surface area contributed by atoms with Crippen molar-refractivity contribution in [2.75, 3.05) is 0 Å². The lowest BCUT2D eigenvalue weighted by atomic mass is 9.83. The van der Waals surface area contributed by atoms with Gasteiger partial charge >= 0.3 is 0 Å². The first-order valence-electron chi connectivity index (χ1n) is 7.35. The second-order valence-corrected chi connectivity index (χ2v) is 6.92. The molecule has 1 aromatic heterocycles. The molecule has 2 aromatic rings. The summed E-state index contributed by atoms with van der Waals surface area (Å²) in [4.78, 5) is 3.39. The number of fused-ring (bicyclic) bond motifs is 1. The van der Waals surface area contributed by atoms with Crippen molar-refractivity contribution in [1.29, 1.82) is 0 Å². The zero-order valence-electron chi connectivity index (χ0n) is 12.2. The standard InChI is InChI=1S/C17H24N2/c1-17(2,3)16(19-13-8-9-13)10-12-11-18-15-7-5-4-6-14(12)15/h4-7,11,13,16,18-19H,8-10H2,1-3H3/t16-/m1/s1. The molecule has 1 fully saturated rings. The first-order valence-corrected chi connectivity index (χ1v) is 7.35. The van der Waals surface area contributed by atoms with Crippen molar-refractivity contribution in [3.8, 4) is 0 Å². The molecule has 1 saturated carbocycles. The second kappa shape index (κ2) is 4.68. The molecular weight excluding hydrogens is 232 g/mol.